The summed E-state index contributed by atoms with van der Waals surface area (Å²) < 4.78 is 19.2. The van der Waals surface area contributed by atoms with Gasteiger partial charge in [0.25, 0.3) is 0 Å². The van der Waals surface area contributed by atoms with E-state index >= 15 is 0 Å². The molecule has 1 saturated heterocycles. The summed E-state index contributed by atoms with van der Waals surface area (Å²) in [7, 11) is 3.23. The van der Waals surface area contributed by atoms with Crippen LogP contribution in [0.3, 0.4) is 0 Å². The highest BCUT2D eigenvalue weighted by atomic mass is 16.5. The number of carbonyl (C=O) groups is 1. The van der Waals surface area contributed by atoms with Gasteiger partial charge in [-0.05, 0) is 57.4 Å². The number of aromatic nitrogens is 3. The molecule has 0 saturated carbocycles. The summed E-state index contributed by atoms with van der Waals surface area (Å²) in [5.41, 5.74) is 3.36. The van der Waals surface area contributed by atoms with Gasteiger partial charge in [0.15, 0.2) is 11.5 Å². The normalized spacial score (nSPS) is 15.9. The molecule has 1 aliphatic rings. The van der Waals surface area contributed by atoms with Gasteiger partial charge in [0.2, 0.25) is 11.8 Å². The minimum atomic E-state index is 0.111. The number of methoxy groups -OCH3 is 2. The highest BCUT2D eigenvalue weighted by Gasteiger charge is 2.23. The number of imidazole rings is 1. The molecule has 0 spiro atoms. The summed E-state index contributed by atoms with van der Waals surface area (Å²) in [6.45, 7) is 7.43. The number of rotatable bonds is 8. The number of carbonyl (C=O) groups excluding carboxylic acids is 1. The summed E-state index contributed by atoms with van der Waals surface area (Å²) >= 11 is 0. The molecular weight excluding hydrogens is 408 g/mol. The van der Waals surface area contributed by atoms with E-state index < -0.39 is 0 Å². The van der Waals surface area contributed by atoms with E-state index in [9.17, 15) is 4.79 Å². The molecule has 0 aliphatic carbocycles. The van der Waals surface area contributed by atoms with Crippen LogP contribution in [0.2, 0.25) is 0 Å². The SMILES string of the molecule is COc1ccc(-c2cc3nc(C)n(C(C)C)c3c(OCC[C@H]3CNC(=O)C3)n2)cc1OC. The number of benzene rings is 1. The Labute approximate surface area is 187 Å². The third kappa shape index (κ3) is 4.22. The predicted octanol–water partition coefficient (Wildman–Crippen LogP) is 3.91. The highest BCUT2D eigenvalue weighted by Crippen LogP contribution is 2.36. The fourth-order valence-electron chi connectivity index (χ4n) is 4.27. The van der Waals surface area contributed by atoms with Crippen LogP contribution in [-0.4, -0.2) is 47.8 Å². The minimum absolute atomic E-state index is 0.111. The molecule has 1 fully saturated rings. The fourth-order valence-corrected chi connectivity index (χ4v) is 4.27. The molecule has 1 aromatic carbocycles. The monoisotopic (exact) mass is 438 g/mol. The smallest absolute Gasteiger partial charge is 0.240 e. The van der Waals surface area contributed by atoms with E-state index in [1.165, 1.54) is 0 Å². The van der Waals surface area contributed by atoms with Crippen molar-refractivity contribution >= 4 is 16.9 Å². The van der Waals surface area contributed by atoms with Crippen LogP contribution in [0.4, 0.5) is 0 Å². The Hall–Kier alpha value is -3.29. The van der Waals surface area contributed by atoms with Crippen LogP contribution >= 0.6 is 0 Å². The van der Waals surface area contributed by atoms with Crippen molar-refractivity contribution in [1.82, 2.24) is 19.9 Å². The van der Waals surface area contributed by atoms with E-state index in [1.54, 1.807) is 14.2 Å². The molecule has 1 N–H and O–H groups in total. The summed E-state index contributed by atoms with van der Waals surface area (Å²) in [6, 6.07) is 7.91. The molecule has 1 aliphatic heterocycles. The maximum absolute atomic E-state index is 11.5. The van der Waals surface area contributed by atoms with Crippen LogP contribution in [0.5, 0.6) is 17.4 Å². The van der Waals surface area contributed by atoms with Gasteiger partial charge in [0.05, 0.1) is 32.0 Å². The maximum Gasteiger partial charge on any atom is 0.240 e. The van der Waals surface area contributed by atoms with Gasteiger partial charge in [-0.1, -0.05) is 0 Å². The van der Waals surface area contributed by atoms with E-state index in [0.717, 1.165) is 34.5 Å². The average molecular weight is 439 g/mol. The molecule has 2 aromatic heterocycles. The lowest BCUT2D eigenvalue weighted by molar-refractivity contribution is -0.119. The van der Waals surface area contributed by atoms with Crippen LogP contribution in [0, 0.1) is 12.8 Å². The number of aryl methyl sites for hydroxylation is 1. The molecule has 1 atom stereocenters. The van der Waals surface area contributed by atoms with E-state index in [1.807, 2.05) is 31.2 Å². The Bertz CT molecular complexity index is 1140. The van der Waals surface area contributed by atoms with Crippen LogP contribution in [0.15, 0.2) is 24.3 Å². The topological polar surface area (TPSA) is 87.5 Å². The fraction of sp³-hybridized carbons (Fsp3) is 0.458. The number of pyridine rings is 1. The first-order valence-electron chi connectivity index (χ1n) is 10.9. The second-order valence-electron chi connectivity index (χ2n) is 8.38. The van der Waals surface area contributed by atoms with Crippen LogP contribution < -0.4 is 19.5 Å². The molecule has 3 aromatic rings. The molecular formula is C24H30N4O4. The number of ether oxygens (including phenoxy) is 3. The molecule has 8 heteroatoms. The third-order valence-corrected chi connectivity index (χ3v) is 5.83. The van der Waals surface area contributed by atoms with Crippen molar-refractivity contribution in [3.8, 4) is 28.6 Å². The lowest BCUT2D eigenvalue weighted by Crippen LogP contribution is -2.15. The number of amides is 1. The number of fused-ring (bicyclic) bond motifs is 1. The Kier molecular flexibility index (Phi) is 6.21. The first-order chi connectivity index (χ1) is 15.4. The molecule has 0 bridgehead atoms. The predicted molar refractivity (Wildman–Crippen MR) is 122 cm³/mol. The molecule has 0 unspecified atom stereocenters. The van der Waals surface area contributed by atoms with E-state index in [-0.39, 0.29) is 11.9 Å². The number of hydrogen-bond acceptors (Lipinski definition) is 6. The Morgan fingerprint density at radius 3 is 2.59 bits per heavy atom. The zero-order chi connectivity index (χ0) is 22.8. The molecule has 0 radical (unpaired) electrons. The Morgan fingerprint density at radius 1 is 1.16 bits per heavy atom. The van der Waals surface area contributed by atoms with Gasteiger partial charge in [0.1, 0.15) is 11.3 Å². The van der Waals surface area contributed by atoms with Crippen molar-refractivity contribution < 1.29 is 19.0 Å². The van der Waals surface area contributed by atoms with Gasteiger partial charge in [0, 0.05) is 24.6 Å². The van der Waals surface area contributed by atoms with Gasteiger partial charge in [-0.15, -0.1) is 0 Å². The Morgan fingerprint density at radius 2 is 1.94 bits per heavy atom. The summed E-state index contributed by atoms with van der Waals surface area (Å²) in [5, 5.41) is 2.88. The van der Waals surface area contributed by atoms with Gasteiger partial charge in [-0.3, -0.25) is 4.79 Å². The van der Waals surface area contributed by atoms with Gasteiger partial charge in [-0.2, -0.15) is 0 Å². The molecule has 1 amide bonds. The molecule has 8 nitrogen and oxygen atoms in total. The van der Waals surface area contributed by atoms with Crippen molar-refractivity contribution in [2.24, 2.45) is 5.92 Å². The van der Waals surface area contributed by atoms with Gasteiger partial charge >= 0.3 is 0 Å². The molecule has 4 rings (SSSR count). The van der Waals surface area contributed by atoms with Crippen LogP contribution in [-0.2, 0) is 4.79 Å². The zero-order valence-corrected chi connectivity index (χ0v) is 19.3. The first-order valence-corrected chi connectivity index (χ1v) is 10.9. The number of hydrogen-bond donors (Lipinski definition) is 1. The van der Waals surface area contributed by atoms with E-state index in [2.05, 4.69) is 23.7 Å². The second kappa shape index (κ2) is 9.06. The molecule has 32 heavy (non-hydrogen) atoms. The highest BCUT2D eigenvalue weighted by molar-refractivity contribution is 5.85. The summed E-state index contributed by atoms with van der Waals surface area (Å²) in [4.78, 5) is 21.1. The average Bonchev–Trinajstić information content (AvgIpc) is 3.34. The van der Waals surface area contributed by atoms with E-state index in [4.69, 9.17) is 24.2 Å². The quantitative estimate of drug-likeness (QED) is 0.574. The lowest BCUT2D eigenvalue weighted by atomic mass is 10.1. The van der Waals surface area contributed by atoms with Crippen LogP contribution in [0.1, 0.15) is 38.6 Å². The largest absolute Gasteiger partial charge is 0.493 e. The summed E-state index contributed by atoms with van der Waals surface area (Å²) in [5.74, 6) is 3.17. The van der Waals surface area contributed by atoms with Crippen molar-refractivity contribution in [2.45, 2.75) is 39.7 Å². The Balaban J connectivity index is 1.72. The molecule has 3 heterocycles. The summed E-state index contributed by atoms with van der Waals surface area (Å²) in [6.07, 6.45) is 1.35. The zero-order valence-electron chi connectivity index (χ0n) is 19.3. The second-order valence-corrected chi connectivity index (χ2v) is 8.38. The minimum Gasteiger partial charge on any atom is -0.493 e. The van der Waals surface area contributed by atoms with E-state index in [0.29, 0.717) is 42.9 Å². The third-order valence-electron chi connectivity index (χ3n) is 5.83. The van der Waals surface area contributed by atoms with Crippen LogP contribution in [0.25, 0.3) is 22.3 Å². The van der Waals surface area contributed by atoms with Gasteiger partial charge < -0.3 is 24.1 Å². The van der Waals surface area contributed by atoms with Crippen molar-refractivity contribution in [2.75, 3.05) is 27.4 Å². The lowest BCUT2D eigenvalue weighted by Gasteiger charge is -2.16. The number of nitrogens with one attached hydrogen (secondary N) is 1. The van der Waals surface area contributed by atoms with Gasteiger partial charge in [-0.25, -0.2) is 9.97 Å². The molecule has 170 valence electrons. The van der Waals surface area contributed by atoms with Crippen molar-refractivity contribution in [3.63, 3.8) is 0 Å². The maximum atomic E-state index is 11.5. The van der Waals surface area contributed by atoms with Crippen molar-refractivity contribution in [1.29, 1.82) is 0 Å². The first kappa shape index (κ1) is 21.9. The van der Waals surface area contributed by atoms with Crippen molar-refractivity contribution in [3.05, 3.63) is 30.1 Å². The number of nitrogens with zero attached hydrogens (tertiary/aromatic N) is 3. The standard InChI is InChI=1S/C24H30N4O4/c1-14(2)28-15(3)26-19-12-18(17-6-7-20(30-4)21(11-17)31-5)27-24(23(19)28)32-9-8-16-10-22(29)25-13-16/h6-7,11-12,14,16H,8-10,13H2,1-5H3,(H,25,29)/t16-/m1/s1.